The van der Waals surface area contributed by atoms with E-state index in [1.54, 1.807) is 0 Å². The maximum absolute atomic E-state index is 11.1. The lowest BCUT2D eigenvalue weighted by Crippen LogP contribution is -2.20. The van der Waals surface area contributed by atoms with Crippen molar-refractivity contribution in [1.29, 1.82) is 0 Å². The molecule has 1 aromatic heterocycles. The summed E-state index contributed by atoms with van der Waals surface area (Å²) in [6.07, 6.45) is 2.83. The summed E-state index contributed by atoms with van der Waals surface area (Å²) in [6.45, 7) is 3.78. The van der Waals surface area contributed by atoms with Crippen molar-refractivity contribution in [1.82, 2.24) is 5.16 Å². The molecule has 5 heteroatoms. The Morgan fingerprint density at radius 1 is 1.77 bits per heavy atom. The van der Waals surface area contributed by atoms with E-state index in [9.17, 15) is 4.79 Å². The van der Waals surface area contributed by atoms with Gasteiger partial charge in [-0.15, -0.1) is 0 Å². The Balaban J connectivity index is 2.26. The largest absolute Gasteiger partial charge is 0.369 e. The van der Waals surface area contributed by atoms with Gasteiger partial charge >= 0.3 is 0 Å². The van der Waals surface area contributed by atoms with Crippen LogP contribution in [0.2, 0.25) is 0 Å². The summed E-state index contributed by atoms with van der Waals surface area (Å²) < 4.78 is 9.62. The molecule has 0 aromatic carbocycles. The second-order valence-electron chi connectivity index (χ2n) is 2.82. The molecule has 13 heavy (non-hydrogen) atoms. The van der Waals surface area contributed by atoms with Crippen molar-refractivity contribution in [2.24, 2.45) is 0 Å². The van der Waals surface area contributed by atoms with Crippen molar-refractivity contribution in [3.63, 3.8) is 0 Å². The maximum Gasteiger partial charge on any atom is 0.250 e. The zero-order valence-corrected chi connectivity index (χ0v) is 7.61. The van der Waals surface area contributed by atoms with E-state index in [1.165, 1.54) is 12.5 Å². The predicted molar refractivity (Wildman–Crippen MR) is 46.2 cm³/mol. The second kappa shape index (κ2) is 4.61. The number of nitrogens with zero attached hydrogens (tertiary/aromatic N) is 1. The highest BCUT2D eigenvalue weighted by Crippen LogP contribution is 2.02. The lowest BCUT2D eigenvalue weighted by molar-refractivity contribution is -0.121. The molecular weight excluding hydrogens is 172 g/mol. The van der Waals surface area contributed by atoms with E-state index in [0.717, 1.165) is 0 Å². The summed E-state index contributed by atoms with van der Waals surface area (Å²) in [6, 6.07) is 0. The molecule has 1 N–H and O–H groups in total. The summed E-state index contributed by atoms with van der Waals surface area (Å²) in [5.41, 5.74) is 0.539. The average molecular weight is 184 g/mol. The van der Waals surface area contributed by atoms with Gasteiger partial charge in [0.25, 0.3) is 5.91 Å². The predicted octanol–water partition coefficient (Wildman–Crippen LogP) is 1.04. The van der Waals surface area contributed by atoms with Gasteiger partial charge in [-0.05, 0) is 13.8 Å². The molecule has 1 aromatic rings. The fraction of sp³-hybridized carbons (Fsp3) is 0.500. The molecule has 0 atom stereocenters. The third-order valence-electron chi connectivity index (χ3n) is 1.26. The van der Waals surface area contributed by atoms with Gasteiger partial charge in [0, 0.05) is 0 Å². The highest BCUT2D eigenvalue weighted by atomic mass is 16.5. The van der Waals surface area contributed by atoms with Crippen molar-refractivity contribution < 1.29 is 14.1 Å². The first-order chi connectivity index (χ1) is 6.18. The molecule has 0 unspecified atom stereocenters. The first-order valence-electron chi connectivity index (χ1n) is 3.99. The SMILES string of the molecule is CC(C)OCC(=O)Nc1cnoc1. The number of hydrogen-bond donors (Lipinski definition) is 1. The number of amides is 1. The molecule has 0 radical (unpaired) electrons. The molecule has 0 spiro atoms. The van der Waals surface area contributed by atoms with Gasteiger partial charge in [-0.25, -0.2) is 0 Å². The smallest absolute Gasteiger partial charge is 0.250 e. The fourth-order valence-electron chi connectivity index (χ4n) is 0.706. The maximum atomic E-state index is 11.1. The van der Waals surface area contributed by atoms with Gasteiger partial charge < -0.3 is 14.6 Å². The van der Waals surface area contributed by atoms with E-state index in [2.05, 4.69) is 15.0 Å². The van der Waals surface area contributed by atoms with Crippen LogP contribution in [0.4, 0.5) is 5.69 Å². The van der Waals surface area contributed by atoms with Crippen molar-refractivity contribution >= 4 is 11.6 Å². The average Bonchev–Trinajstić information content (AvgIpc) is 2.53. The highest BCUT2D eigenvalue weighted by Gasteiger charge is 2.04. The monoisotopic (exact) mass is 184 g/mol. The van der Waals surface area contributed by atoms with Gasteiger partial charge in [0.15, 0.2) is 0 Å². The van der Waals surface area contributed by atoms with Crippen LogP contribution in [0.15, 0.2) is 17.0 Å². The number of aromatic nitrogens is 1. The van der Waals surface area contributed by atoms with Crippen LogP contribution >= 0.6 is 0 Å². The molecule has 1 amide bonds. The van der Waals surface area contributed by atoms with E-state index in [4.69, 9.17) is 4.74 Å². The number of hydrogen-bond acceptors (Lipinski definition) is 4. The minimum absolute atomic E-state index is 0.0445. The van der Waals surface area contributed by atoms with E-state index < -0.39 is 0 Å². The molecule has 0 aliphatic carbocycles. The Hall–Kier alpha value is -1.36. The third-order valence-corrected chi connectivity index (χ3v) is 1.26. The number of ether oxygens (including phenoxy) is 1. The standard InChI is InChI=1S/C8H12N2O3/c1-6(2)12-5-8(11)10-7-3-9-13-4-7/h3-4,6H,5H2,1-2H3,(H,10,11). The van der Waals surface area contributed by atoms with Crippen LogP contribution in [0.1, 0.15) is 13.8 Å². The van der Waals surface area contributed by atoms with Crippen LogP contribution < -0.4 is 5.32 Å². The van der Waals surface area contributed by atoms with Gasteiger partial charge in [0.05, 0.1) is 12.3 Å². The molecule has 0 fully saturated rings. The quantitative estimate of drug-likeness (QED) is 0.759. The lowest BCUT2D eigenvalue weighted by atomic mass is 10.5. The van der Waals surface area contributed by atoms with Gasteiger partial charge in [0.2, 0.25) is 0 Å². The van der Waals surface area contributed by atoms with Crippen molar-refractivity contribution in [3.8, 4) is 0 Å². The summed E-state index contributed by atoms with van der Waals surface area (Å²) in [4.78, 5) is 11.1. The zero-order valence-electron chi connectivity index (χ0n) is 7.61. The molecule has 0 saturated heterocycles. The minimum Gasteiger partial charge on any atom is -0.369 e. The van der Waals surface area contributed by atoms with E-state index in [-0.39, 0.29) is 18.6 Å². The molecule has 1 heterocycles. The van der Waals surface area contributed by atoms with Crippen LogP contribution in [-0.2, 0) is 9.53 Å². The van der Waals surface area contributed by atoms with Crippen molar-refractivity contribution in [2.75, 3.05) is 11.9 Å². The third kappa shape index (κ3) is 3.71. The number of nitrogens with one attached hydrogen (secondary N) is 1. The first-order valence-corrected chi connectivity index (χ1v) is 3.99. The Morgan fingerprint density at radius 2 is 2.54 bits per heavy atom. The van der Waals surface area contributed by atoms with Crippen LogP contribution in [0, 0.1) is 0 Å². The van der Waals surface area contributed by atoms with Gasteiger partial charge in [-0.3, -0.25) is 4.79 Å². The van der Waals surface area contributed by atoms with Crippen LogP contribution in [-0.4, -0.2) is 23.8 Å². The minimum atomic E-state index is -0.211. The second-order valence-corrected chi connectivity index (χ2v) is 2.82. The number of carbonyl (C=O) groups excluding carboxylic acids is 1. The molecule has 0 saturated carbocycles. The number of rotatable bonds is 4. The Kier molecular flexibility index (Phi) is 3.45. The summed E-state index contributed by atoms with van der Waals surface area (Å²) in [7, 11) is 0. The molecular formula is C8H12N2O3. The van der Waals surface area contributed by atoms with Gasteiger partial charge in [-0.1, -0.05) is 5.16 Å². The number of carbonyl (C=O) groups is 1. The highest BCUT2D eigenvalue weighted by molar-refractivity contribution is 5.91. The number of anilines is 1. The topological polar surface area (TPSA) is 64.4 Å². The van der Waals surface area contributed by atoms with Gasteiger partial charge in [-0.2, -0.15) is 0 Å². The molecule has 72 valence electrons. The Bertz CT molecular complexity index is 256. The summed E-state index contributed by atoms with van der Waals surface area (Å²) >= 11 is 0. The fourth-order valence-corrected chi connectivity index (χ4v) is 0.706. The van der Waals surface area contributed by atoms with E-state index in [1.807, 2.05) is 13.8 Å². The normalized spacial score (nSPS) is 10.4. The first kappa shape index (κ1) is 9.73. The Morgan fingerprint density at radius 3 is 3.08 bits per heavy atom. The molecule has 0 aliphatic heterocycles. The molecule has 5 nitrogen and oxygen atoms in total. The lowest BCUT2D eigenvalue weighted by Gasteiger charge is -2.06. The van der Waals surface area contributed by atoms with Crippen LogP contribution in [0.5, 0.6) is 0 Å². The van der Waals surface area contributed by atoms with Gasteiger partial charge in [0.1, 0.15) is 18.6 Å². The summed E-state index contributed by atoms with van der Waals surface area (Å²) in [5, 5.41) is 6.00. The van der Waals surface area contributed by atoms with Crippen LogP contribution in [0.3, 0.4) is 0 Å². The van der Waals surface area contributed by atoms with E-state index >= 15 is 0 Å². The Labute approximate surface area is 76.0 Å². The van der Waals surface area contributed by atoms with Crippen molar-refractivity contribution in [3.05, 3.63) is 12.5 Å². The molecule has 0 aliphatic rings. The van der Waals surface area contributed by atoms with E-state index in [0.29, 0.717) is 5.69 Å². The van der Waals surface area contributed by atoms with Crippen molar-refractivity contribution in [2.45, 2.75) is 20.0 Å². The molecule has 0 bridgehead atoms. The summed E-state index contributed by atoms with van der Waals surface area (Å²) in [5.74, 6) is -0.211. The van der Waals surface area contributed by atoms with Crippen LogP contribution in [0.25, 0.3) is 0 Å². The molecule has 1 rings (SSSR count). The zero-order chi connectivity index (χ0) is 9.68.